The summed E-state index contributed by atoms with van der Waals surface area (Å²) in [7, 11) is 3.75. The van der Waals surface area contributed by atoms with Crippen LogP contribution >= 0.6 is 11.3 Å². The van der Waals surface area contributed by atoms with Crippen molar-refractivity contribution < 1.29 is 4.79 Å². The fourth-order valence-corrected chi connectivity index (χ4v) is 3.39. The Morgan fingerprint density at radius 1 is 1.30 bits per heavy atom. The van der Waals surface area contributed by atoms with E-state index in [-0.39, 0.29) is 5.91 Å². The lowest BCUT2D eigenvalue weighted by Gasteiger charge is -2.01. The van der Waals surface area contributed by atoms with Gasteiger partial charge in [-0.2, -0.15) is 0 Å². The number of rotatable bonds is 6. The van der Waals surface area contributed by atoms with Crippen molar-refractivity contribution in [3.63, 3.8) is 0 Å². The highest BCUT2D eigenvalue weighted by Crippen LogP contribution is 2.32. The van der Waals surface area contributed by atoms with E-state index in [1.165, 1.54) is 11.3 Å². The maximum Gasteiger partial charge on any atom is 0.226 e. The van der Waals surface area contributed by atoms with E-state index in [1.54, 1.807) is 6.33 Å². The third kappa shape index (κ3) is 2.98. The molecule has 2 N–H and O–H groups in total. The molecule has 3 aromatic rings. The van der Waals surface area contributed by atoms with Gasteiger partial charge in [0.25, 0.3) is 0 Å². The van der Waals surface area contributed by atoms with Crippen LogP contribution in [0.25, 0.3) is 21.4 Å². The van der Waals surface area contributed by atoms with Crippen LogP contribution in [0, 0.1) is 0 Å². The van der Waals surface area contributed by atoms with Crippen molar-refractivity contribution in [2.45, 2.75) is 32.6 Å². The molecule has 0 bridgehead atoms. The van der Waals surface area contributed by atoms with Crippen LogP contribution in [-0.2, 0) is 11.8 Å². The standard InChI is InChI=1S/C15H20N6OS/c1-4-5-6-7-9(22)18-15-19-11-12-10(17-8-21(12)3)13(16-2)20-14(11)23-15/h8H,4-7H2,1-3H3,(H,16,20)(H,18,19,22). The first kappa shape index (κ1) is 15.7. The van der Waals surface area contributed by atoms with Gasteiger partial charge in [0.2, 0.25) is 5.91 Å². The Morgan fingerprint density at radius 3 is 2.87 bits per heavy atom. The van der Waals surface area contributed by atoms with Gasteiger partial charge in [0.05, 0.1) is 6.33 Å². The summed E-state index contributed by atoms with van der Waals surface area (Å²) in [5.74, 6) is 0.727. The molecule has 3 rings (SSSR count). The molecule has 122 valence electrons. The predicted octanol–water partition coefficient (Wildman–Crippen LogP) is 3.14. The molecule has 0 fully saturated rings. The van der Waals surface area contributed by atoms with Crippen molar-refractivity contribution >= 4 is 49.6 Å². The Morgan fingerprint density at radius 2 is 2.13 bits per heavy atom. The minimum absolute atomic E-state index is 0.00703. The lowest BCUT2D eigenvalue weighted by atomic mass is 10.2. The first-order valence-electron chi connectivity index (χ1n) is 7.73. The zero-order chi connectivity index (χ0) is 16.4. The van der Waals surface area contributed by atoms with Gasteiger partial charge in [-0.1, -0.05) is 31.1 Å². The first-order chi connectivity index (χ1) is 11.1. The largest absolute Gasteiger partial charge is 0.371 e. The van der Waals surface area contributed by atoms with Gasteiger partial charge in [-0.15, -0.1) is 0 Å². The Bertz CT molecular complexity index is 853. The molecule has 8 heteroatoms. The van der Waals surface area contributed by atoms with Crippen LogP contribution in [-0.4, -0.2) is 32.5 Å². The number of amides is 1. The average Bonchev–Trinajstić information content (AvgIpc) is 3.09. The van der Waals surface area contributed by atoms with Crippen LogP contribution in [0.15, 0.2) is 6.33 Å². The molecule has 0 atom stereocenters. The molecule has 0 spiro atoms. The molecular weight excluding hydrogens is 312 g/mol. The number of carbonyl (C=O) groups excluding carboxylic acids is 1. The lowest BCUT2D eigenvalue weighted by Crippen LogP contribution is -2.10. The number of pyridine rings is 1. The molecule has 7 nitrogen and oxygen atoms in total. The number of aryl methyl sites for hydroxylation is 1. The maximum absolute atomic E-state index is 12.0. The molecule has 1 amide bonds. The van der Waals surface area contributed by atoms with E-state index < -0.39 is 0 Å². The van der Waals surface area contributed by atoms with Crippen molar-refractivity contribution in [1.82, 2.24) is 19.5 Å². The molecule has 23 heavy (non-hydrogen) atoms. The highest BCUT2D eigenvalue weighted by Gasteiger charge is 2.17. The summed E-state index contributed by atoms with van der Waals surface area (Å²) < 4.78 is 1.92. The third-order valence-electron chi connectivity index (χ3n) is 3.70. The molecule has 0 saturated carbocycles. The zero-order valence-corrected chi connectivity index (χ0v) is 14.3. The minimum atomic E-state index is 0.00703. The van der Waals surface area contributed by atoms with Gasteiger partial charge in [-0.3, -0.25) is 4.79 Å². The second kappa shape index (κ2) is 6.49. The highest BCUT2D eigenvalue weighted by atomic mass is 32.1. The molecule has 3 heterocycles. The van der Waals surface area contributed by atoms with Crippen molar-refractivity contribution in [1.29, 1.82) is 0 Å². The van der Waals surface area contributed by atoms with E-state index in [0.29, 0.717) is 11.6 Å². The van der Waals surface area contributed by atoms with Crippen LogP contribution in [0.4, 0.5) is 10.9 Å². The summed E-state index contributed by atoms with van der Waals surface area (Å²) in [6.07, 6.45) is 5.34. The van der Waals surface area contributed by atoms with Gasteiger partial charge in [0.15, 0.2) is 10.9 Å². The summed E-state index contributed by atoms with van der Waals surface area (Å²) in [4.78, 5) is 26.2. The number of anilines is 2. The molecule has 0 unspecified atom stereocenters. The quantitative estimate of drug-likeness (QED) is 0.677. The Hall–Kier alpha value is -2.22. The van der Waals surface area contributed by atoms with Gasteiger partial charge in [0.1, 0.15) is 21.4 Å². The molecule has 0 aliphatic heterocycles. The van der Waals surface area contributed by atoms with Crippen molar-refractivity contribution in [2.75, 3.05) is 17.7 Å². The first-order valence-corrected chi connectivity index (χ1v) is 8.54. The van der Waals surface area contributed by atoms with Crippen LogP contribution in [0.1, 0.15) is 32.6 Å². The summed E-state index contributed by atoms with van der Waals surface area (Å²) >= 11 is 1.39. The van der Waals surface area contributed by atoms with Gasteiger partial charge in [0, 0.05) is 20.5 Å². The minimum Gasteiger partial charge on any atom is -0.371 e. The van der Waals surface area contributed by atoms with E-state index >= 15 is 0 Å². The lowest BCUT2D eigenvalue weighted by molar-refractivity contribution is -0.116. The number of imidazole rings is 1. The monoisotopic (exact) mass is 332 g/mol. The summed E-state index contributed by atoms with van der Waals surface area (Å²) in [5.41, 5.74) is 2.48. The second-order valence-electron chi connectivity index (χ2n) is 5.44. The average molecular weight is 332 g/mol. The number of unbranched alkanes of at least 4 members (excludes halogenated alkanes) is 2. The highest BCUT2D eigenvalue weighted by molar-refractivity contribution is 7.22. The molecule has 3 aromatic heterocycles. The number of thiazole rings is 1. The van der Waals surface area contributed by atoms with Crippen LogP contribution in [0.3, 0.4) is 0 Å². The number of nitrogens with zero attached hydrogens (tertiary/aromatic N) is 4. The van der Waals surface area contributed by atoms with E-state index in [1.807, 2.05) is 18.7 Å². The normalized spacial score (nSPS) is 11.3. The fraction of sp³-hybridized carbons (Fsp3) is 0.467. The van der Waals surface area contributed by atoms with Crippen molar-refractivity contribution in [3.05, 3.63) is 6.33 Å². The summed E-state index contributed by atoms with van der Waals surface area (Å²) in [6, 6.07) is 0. The van der Waals surface area contributed by atoms with Gasteiger partial charge < -0.3 is 15.2 Å². The van der Waals surface area contributed by atoms with Gasteiger partial charge >= 0.3 is 0 Å². The van der Waals surface area contributed by atoms with E-state index in [0.717, 1.165) is 46.5 Å². The Labute approximate surface area is 138 Å². The molecule has 0 aliphatic carbocycles. The maximum atomic E-state index is 12.0. The summed E-state index contributed by atoms with van der Waals surface area (Å²) in [5, 5.41) is 6.53. The van der Waals surface area contributed by atoms with Gasteiger partial charge in [-0.25, -0.2) is 15.0 Å². The van der Waals surface area contributed by atoms with Crippen molar-refractivity contribution in [2.24, 2.45) is 7.05 Å². The molecule has 0 radical (unpaired) electrons. The van der Waals surface area contributed by atoms with E-state index in [4.69, 9.17) is 0 Å². The molecular formula is C15H20N6OS. The number of nitrogens with one attached hydrogen (secondary N) is 2. The topological polar surface area (TPSA) is 84.7 Å². The van der Waals surface area contributed by atoms with Crippen LogP contribution in [0.2, 0.25) is 0 Å². The number of carbonyl (C=O) groups is 1. The third-order valence-corrected chi connectivity index (χ3v) is 4.56. The van der Waals surface area contributed by atoms with Crippen LogP contribution in [0.5, 0.6) is 0 Å². The van der Waals surface area contributed by atoms with Gasteiger partial charge in [-0.05, 0) is 6.42 Å². The number of hydrogen-bond donors (Lipinski definition) is 2. The smallest absolute Gasteiger partial charge is 0.226 e. The zero-order valence-electron chi connectivity index (χ0n) is 13.5. The Balaban J connectivity index is 1.94. The SMILES string of the molecule is CCCCCC(=O)Nc1nc2c(nc(NC)c3ncn(C)c32)s1. The number of fused-ring (bicyclic) bond motifs is 3. The summed E-state index contributed by atoms with van der Waals surface area (Å²) in [6.45, 7) is 2.12. The second-order valence-corrected chi connectivity index (χ2v) is 6.42. The van der Waals surface area contributed by atoms with Crippen LogP contribution < -0.4 is 10.6 Å². The Kier molecular flexibility index (Phi) is 4.42. The molecule has 0 aromatic carbocycles. The van der Waals surface area contributed by atoms with E-state index in [2.05, 4.69) is 32.5 Å². The fourth-order valence-electron chi connectivity index (χ4n) is 2.52. The molecule has 0 aliphatic rings. The molecule has 0 saturated heterocycles. The van der Waals surface area contributed by atoms with E-state index in [9.17, 15) is 4.79 Å². The number of hydrogen-bond acceptors (Lipinski definition) is 6. The number of aromatic nitrogens is 4. The predicted molar refractivity (Wildman–Crippen MR) is 94.0 cm³/mol. The van der Waals surface area contributed by atoms with Crippen molar-refractivity contribution in [3.8, 4) is 0 Å².